The van der Waals surface area contributed by atoms with Crippen LogP contribution < -0.4 is 5.32 Å². The smallest absolute Gasteiger partial charge is 0.146 e. The van der Waals surface area contributed by atoms with Crippen molar-refractivity contribution >= 4 is 17.4 Å². The Labute approximate surface area is 98.6 Å². The minimum atomic E-state index is -0.403. The van der Waals surface area contributed by atoms with E-state index in [0.717, 1.165) is 30.7 Å². The second-order valence-electron chi connectivity index (χ2n) is 4.09. The maximum absolute atomic E-state index is 13.4. The van der Waals surface area contributed by atoms with Gasteiger partial charge in [0.05, 0.1) is 5.69 Å². The standard InChI is InChI=1S/C12H15F2NS/c1-8-11(3-2-6-16-8)15-12-7-9(13)4-5-10(12)14/h4-5,7-8,11,15H,2-3,6H2,1H3. The first kappa shape index (κ1) is 11.7. The molecule has 2 rings (SSSR count). The third-order valence-corrected chi connectivity index (χ3v) is 4.25. The second kappa shape index (κ2) is 5.04. The molecule has 1 aromatic rings. The summed E-state index contributed by atoms with van der Waals surface area (Å²) in [6, 6.07) is 3.76. The summed E-state index contributed by atoms with van der Waals surface area (Å²) >= 11 is 1.88. The molecule has 1 N–H and O–H groups in total. The zero-order chi connectivity index (χ0) is 11.5. The fourth-order valence-corrected chi connectivity index (χ4v) is 3.06. The van der Waals surface area contributed by atoms with Crippen molar-refractivity contribution in [3.63, 3.8) is 0 Å². The van der Waals surface area contributed by atoms with Gasteiger partial charge in [-0.25, -0.2) is 8.78 Å². The average Bonchev–Trinajstić information content (AvgIpc) is 2.27. The SMILES string of the molecule is CC1SCCCC1Nc1cc(F)ccc1F. The van der Waals surface area contributed by atoms with Gasteiger partial charge in [-0.15, -0.1) is 0 Å². The third kappa shape index (κ3) is 2.67. The van der Waals surface area contributed by atoms with Crippen LogP contribution in [0.15, 0.2) is 18.2 Å². The van der Waals surface area contributed by atoms with Crippen molar-refractivity contribution in [1.82, 2.24) is 0 Å². The predicted molar refractivity (Wildman–Crippen MR) is 64.9 cm³/mol. The average molecular weight is 243 g/mol. The summed E-state index contributed by atoms with van der Waals surface area (Å²) in [7, 11) is 0. The van der Waals surface area contributed by atoms with Gasteiger partial charge in [0.1, 0.15) is 11.6 Å². The molecule has 16 heavy (non-hydrogen) atoms. The van der Waals surface area contributed by atoms with Crippen LogP contribution >= 0.6 is 11.8 Å². The molecule has 0 saturated carbocycles. The van der Waals surface area contributed by atoms with Crippen molar-refractivity contribution in [2.75, 3.05) is 11.1 Å². The molecule has 1 aliphatic heterocycles. The molecule has 0 aliphatic carbocycles. The number of rotatable bonds is 2. The number of nitrogens with one attached hydrogen (secondary N) is 1. The van der Waals surface area contributed by atoms with Crippen LogP contribution in [0.5, 0.6) is 0 Å². The summed E-state index contributed by atoms with van der Waals surface area (Å²) in [5.41, 5.74) is 0.277. The number of halogens is 2. The van der Waals surface area contributed by atoms with Crippen LogP contribution in [0.4, 0.5) is 14.5 Å². The lowest BCUT2D eigenvalue weighted by Gasteiger charge is -2.30. The van der Waals surface area contributed by atoms with E-state index in [9.17, 15) is 8.78 Å². The van der Waals surface area contributed by atoms with Gasteiger partial charge in [0.15, 0.2) is 0 Å². The minimum Gasteiger partial charge on any atom is -0.379 e. The largest absolute Gasteiger partial charge is 0.379 e. The minimum absolute atomic E-state index is 0.232. The summed E-state index contributed by atoms with van der Waals surface area (Å²) in [6.07, 6.45) is 2.15. The molecule has 1 saturated heterocycles. The predicted octanol–water partition coefficient (Wildman–Crippen LogP) is 3.66. The Balaban J connectivity index is 2.10. The van der Waals surface area contributed by atoms with Crippen molar-refractivity contribution in [3.8, 4) is 0 Å². The molecule has 0 spiro atoms. The third-order valence-electron chi connectivity index (χ3n) is 2.88. The molecule has 0 radical (unpaired) electrons. The maximum Gasteiger partial charge on any atom is 0.146 e. The molecule has 0 bridgehead atoms. The summed E-state index contributed by atoms with van der Waals surface area (Å²) in [5, 5.41) is 3.55. The highest BCUT2D eigenvalue weighted by molar-refractivity contribution is 8.00. The second-order valence-corrected chi connectivity index (χ2v) is 5.58. The molecular weight excluding hydrogens is 228 g/mol. The highest BCUT2D eigenvalue weighted by Crippen LogP contribution is 2.28. The van der Waals surface area contributed by atoms with Gasteiger partial charge in [-0.05, 0) is 36.8 Å². The number of benzene rings is 1. The van der Waals surface area contributed by atoms with E-state index >= 15 is 0 Å². The Morgan fingerprint density at radius 3 is 2.94 bits per heavy atom. The van der Waals surface area contributed by atoms with Gasteiger partial charge < -0.3 is 5.32 Å². The highest BCUT2D eigenvalue weighted by Gasteiger charge is 2.22. The van der Waals surface area contributed by atoms with Crippen LogP contribution in [0.3, 0.4) is 0 Å². The molecular formula is C12H15F2NS. The number of hydrogen-bond donors (Lipinski definition) is 1. The van der Waals surface area contributed by atoms with Crippen molar-refractivity contribution in [3.05, 3.63) is 29.8 Å². The Morgan fingerprint density at radius 1 is 1.38 bits per heavy atom. The highest BCUT2D eigenvalue weighted by atomic mass is 32.2. The Hall–Kier alpha value is -0.770. The van der Waals surface area contributed by atoms with Crippen LogP contribution in [0.1, 0.15) is 19.8 Å². The molecule has 4 heteroatoms. The quantitative estimate of drug-likeness (QED) is 0.850. The number of anilines is 1. The van der Waals surface area contributed by atoms with Crippen LogP contribution in [0, 0.1) is 11.6 Å². The van der Waals surface area contributed by atoms with Crippen molar-refractivity contribution in [1.29, 1.82) is 0 Å². The fraction of sp³-hybridized carbons (Fsp3) is 0.500. The first-order chi connectivity index (χ1) is 7.66. The van der Waals surface area contributed by atoms with E-state index in [1.807, 2.05) is 11.8 Å². The monoisotopic (exact) mass is 243 g/mol. The lowest BCUT2D eigenvalue weighted by atomic mass is 10.1. The van der Waals surface area contributed by atoms with Gasteiger partial charge in [0, 0.05) is 11.3 Å². The molecule has 88 valence electrons. The maximum atomic E-state index is 13.4. The topological polar surface area (TPSA) is 12.0 Å². The molecule has 2 unspecified atom stereocenters. The van der Waals surface area contributed by atoms with Gasteiger partial charge in [-0.1, -0.05) is 6.92 Å². The summed E-state index contributed by atoms with van der Waals surface area (Å²) in [5.74, 6) is 0.370. The zero-order valence-corrected chi connectivity index (χ0v) is 9.99. The summed E-state index contributed by atoms with van der Waals surface area (Å²) < 4.78 is 26.4. The molecule has 2 atom stereocenters. The Bertz CT molecular complexity index is 370. The summed E-state index contributed by atoms with van der Waals surface area (Å²) in [6.45, 7) is 2.12. The molecule has 1 nitrogen and oxygen atoms in total. The molecule has 0 aromatic heterocycles. The molecule has 1 fully saturated rings. The van der Waals surface area contributed by atoms with Crippen LogP contribution in [-0.2, 0) is 0 Å². The van der Waals surface area contributed by atoms with Gasteiger partial charge in [-0.3, -0.25) is 0 Å². The van der Waals surface area contributed by atoms with Crippen LogP contribution in [0.2, 0.25) is 0 Å². The van der Waals surface area contributed by atoms with Crippen molar-refractivity contribution < 1.29 is 8.78 Å². The lowest BCUT2D eigenvalue weighted by Crippen LogP contribution is -2.33. The van der Waals surface area contributed by atoms with Gasteiger partial charge in [-0.2, -0.15) is 11.8 Å². The van der Waals surface area contributed by atoms with Crippen LogP contribution in [0.25, 0.3) is 0 Å². The summed E-state index contributed by atoms with van der Waals surface area (Å²) in [4.78, 5) is 0. The van der Waals surface area contributed by atoms with E-state index in [1.54, 1.807) is 0 Å². The van der Waals surface area contributed by atoms with Gasteiger partial charge in [0.25, 0.3) is 0 Å². The Morgan fingerprint density at radius 2 is 2.19 bits per heavy atom. The van der Waals surface area contributed by atoms with E-state index in [0.29, 0.717) is 5.25 Å². The van der Waals surface area contributed by atoms with E-state index in [1.165, 1.54) is 6.07 Å². The van der Waals surface area contributed by atoms with Crippen molar-refractivity contribution in [2.24, 2.45) is 0 Å². The first-order valence-corrected chi connectivity index (χ1v) is 6.55. The number of hydrogen-bond acceptors (Lipinski definition) is 2. The van der Waals surface area contributed by atoms with Gasteiger partial charge in [0.2, 0.25) is 0 Å². The number of thioether (sulfide) groups is 1. The van der Waals surface area contributed by atoms with E-state index in [2.05, 4.69) is 12.2 Å². The van der Waals surface area contributed by atoms with E-state index < -0.39 is 5.82 Å². The Kier molecular flexibility index (Phi) is 3.69. The van der Waals surface area contributed by atoms with E-state index in [-0.39, 0.29) is 17.5 Å². The normalized spacial score (nSPS) is 25.4. The molecule has 1 aliphatic rings. The first-order valence-electron chi connectivity index (χ1n) is 5.50. The van der Waals surface area contributed by atoms with Crippen LogP contribution in [-0.4, -0.2) is 17.0 Å². The van der Waals surface area contributed by atoms with Crippen molar-refractivity contribution in [2.45, 2.75) is 31.1 Å². The fourth-order valence-electron chi connectivity index (χ4n) is 1.92. The molecule has 1 heterocycles. The molecule has 1 aromatic carbocycles. The zero-order valence-electron chi connectivity index (χ0n) is 9.17. The molecule has 0 amide bonds. The lowest BCUT2D eigenvalue weighted by molar-refractivity contribution is 0.584. The van der Waals surface area contributed by atoms with E-state index in [4.69, 9.17) is 0 Å². The van der Waals surface area contributed by atoms with Gasteiger partial charge >= 0.3 is 0 Å².